The van der Waals surface area contributed by atoms with Crippen LogP contribution in [0, 0.1) is 0 Å². The van der Waals surface area contributed by atoms with E-state index in [1.54, 1.807) is 24.3 Å². The normalized spacial score (nSPS) is 18.5. The molecule has 4 heterocycles. The zero-order valence-electron chi connectivity index (χ0n) is 23.7. The summed E-state index contributed by atoms with van der Waals surface area (Å²) in [4.78, 5) is 51.7. The van der Waals surface area contributed by atoms with Crippen molar-refractivity contribution in [1.29, 1.82) is 0 Å². The monoisotopic (exact) mass is 679 g/mol. The van der Waals surface area contributed by atoms with Gasteiger partial charge in [0.25, 0.3) is 18.3 Å². The molecule has 5 rings (SSSR count). The Bertz CT molecular complexity index is 1670. The van der Waals surface area contributed by atoms with Crippen LogP contribution in [0.3, 0.4) is 0 Å². The number of carboxylic acid groups (broad SMARTS) is 1. The van der Waals surface area contributed by atoms with Crippen LogP contribution in [-0.2, 0) is 36.1 Å². The molecule has 1 aromatic carbocycles. The Morgan fingerprint density at radius 1 is 1.26 bits per heavy atom. The Morgan fingerprint density at radius 3 is 2.54 bits per heavy atom. The molecule has 0 spiro atoms. The van der Waals surface area contributed by atoms with E-state index in [9.17, 15) is 22.6 Å². The van der Waals surface area contributed by atoms with Gasteiger partial charge in [-0.25, -0.2) is 14.3 Å². The van der Waals surface area contributed by atoms with E-state index in [2.05, 4.69) is 35.8 Å². The molecule has 0 aliphatic carbocycles. The van der Waals surface area contributed by atoms with E-state index < -0.39 is 34.2 Å². The number of β-lactam (4-membered cyclic amide) rings is 1. The van der Waals surface area contributed by atoms with E-state index in [4.69, 9.17) is 30.9 Å². The van der Waals surface area contributed by atoms with Crippen molar-refractivity contribution in [1.82, 2.24) is 34.7 Å². The molecule has 2 aliphatic rings. The molecule has 3 aromatic rings. The summed E-state index contributed by atoms with van der Waals surface area (Å²) in [5, 5.41) is 21.8. The van der Waals surface area contributed by atoms with Crippen molar-refractivity contribution < 1.29 is 42.0 Å². The maximum atomic E-state index is 13.2. The van der Waals surface area contributed by atoms with Crippen LogP contribution in [0.15, 0.2) is 52.4 Å². The van der Waals surface area contributed by atoms with E-state index >= 15 is 0 Å². The number of benzene rings is 1. The molecule has 2 saturated heterocycles. The van der Waals surface area contributed by atoms with E-state index in [0.717, 1.165) is 30.0 Å². The van der Waals surface area contributed by atoms with Gasteiger partial charge in [0, 0.05) is 24.0 Å². The van der Waals surface area contributed by atoms with Crippen LogP contribution in [0.1, 0.15) is 11.3 Å². The number of aliphatic imine (C=N–C) groups is 1. The molecule has 0 saturated carbocycles. The molecule has 246 valence electrons. The second-order valence-electron chi connectivity index (χ2n) is 9.40. The summed E-state index contributed by atoms with van der Waals surface area (Å²) in [5.41, 5.74) is 12.3. The van der Waals surface area contributed by atoms with Crippen molar-refractivity contribution in [2.75, 3.05) is 32.0 Å². The zero-order valence-corrected chi connectivity index (χ0v) is 25.4. The van der Waals surface area contributed by atoms with Crippen molar-refractivity contribution in [3.63, 3.8) is 0 Å². The Balaban J connectivity index is 0.00000154. The highest BCUT2D eigenvalue weighted by Gasteiger charge is 2.54. The first kappa shape index (κ1) is 33.7. The number of hydrogen-bond donors (Lipinski definition) is 6. The molecular formula is C24H29N11O9S2. The van der Waals surface area contributed by atoms with Gasteiger partial charge in [-0.2, -0.15) is 13.5 Å². The molecular weight excluding hydrogens is 650 g/mol. The highest BCUT2D eigenvalue weighted by molar-refractivity contribution is 7.84. The zero-order chi connectivity index (χ0) is 33.3. The molecule has 2 aliphatic heterocycles. The SMILES string of the molecule is NC(=NC1CNC1)c1ccc(OCCO/N=C(\C(=O)NC2C(=O)N(S(=O)(=O)O)C2Cn2cncn2)c2csc(N)n2)cc1.O=CO. The van der Waals surface area contributed by atoms with Crippen molar-refractivity contribution in [3.8, 4) is 5.75 Å². The lowest BCUT2D eigenvalue weighted by molar-refractivity contribution is -0.145. The van der Waals surface area contributed by atoms with Crippen LogP contribution in [0.5, 0.6) is 5.75 Å². The quantitative estimate of drug-likeness (QED) is 0.0210. The van der Waals surface area contributed by atoms with Gasteiger partial charge in [0.15, 0.2) is 17.5 Å². The number of nitrogens with one attached hydrogen (secondary N) is 2. The van der Waals surface area contributed by atoms with E-state index in [-0.39, 0.29) is 53.1 Å². The molecule has 2 fully saturated rings. The van der Waals surface area contributed by atoms with Crippen LogP contribution in [0.4, 0.5) is 5.13 Å². The number of nitrogen functional groups attached to an aromatic ring is 1. The van der Waals surface area contributed by atoms with Gasteiger partial charge < -0.3 is 36.8 Å². The van der Waals surface area contributed by atoms with E-state index in [0.29, 0.717) is 11.6 Å². The van der Waals surface area contributed by atoms with Gasteiger partial charge in [0.2, 0.25) is 0 Å². The largest absolute Gasteiger partial charge is 0.490 e. The van der Waals surface area contributed by atoms with Gasteiger partial charge in [-0.3, -0.25) is 28.6 Å². The fourth-order valence-corrected chi connectivity index (χ4v) is 5.55. The first-order valence-electron chi connectivity index (χ1n) is 13.2. The number of amidine groups is 1. The average molecular weight is 680 g/mol. The van der Waals surface area contributed by atoms with Crippen molar-refractivity contribution in [2.45, 2.75) is 24.7 Å². The third-order valence-electron chi connectivity index (χ3n) is 6.36. The lowest BCUT2D eigenvalue weighted by Crippen LogP contribution is -2.73. The number of carbonyl (C=O) groups is 3. The maximum absolute atomic E-state index is 13.2. The summed E-state index contributed by atoms with van der Waals surface area (Å²) in [7, 11) is -4.90. The second-order valence-corrected chi connectivity index (χ2v) is 11.6. The number of ether oxygens (including phenoxy) is 1. The lowest BCUT2D eigenvalue weighted by atomic mass is 9.98. The molecule has 0 radical (unpaired) electrons. The van der Waals surface area contributed by atoms with Crippen molar-refractivity contribution in [3.05, 3.63) is 53.6 Å². The fraction of sp³-hybridized carbons (Fsp3) is 0.333. The molecule has 22 heteroatoms. The first-order valence-corrected chi connectivity index (χ1v) is 15.5. The smallest absolute Gasteiger partial charge is 0.362 e. The minimum atomic E-state index is -4.90. The van der Waals surface area contributed by atoms with E-state index in [1.807, 2.05) is 0 Å². The number of rotatable bonds is 13. The molecule has 2 atom stereocenters. The molecule has 2 aromatic heterocycles. The van der Waals surface area contributed by atoms with Gasteiger partial charge in [0.1, 0.15) is 42.6 Å². The van der Waals surface area contributed by atoms with Gasteiger partial charge in [-0.05, 0) is 24.3 Å². The number of anilines is 1. The number of amides is 2. The molecule has 46 heavy (non-hydrogen) atoms. The third-order valence-corrected chi connectivity index (χ3v) is 7.98. The standard InChI is InChI=1S/C23H27N11O7S2.CH2O2/c24-20(29-14-7-26-8-14)13-1-3-15(4-2-13)40-5-6-41-32-18(16-10-42-23(25)30-16)21(35)31-19-17(9-33-12-27-11-28-33)34(22(19)36)43(37,38)39;2-1-3/h1-4,10-12,14,17,19,26H,5-9H2,(H2,24,29)(H2,25,30)(H,31,35)(H,37,38,39);1H,(H,2,3)/b32-18-;. The van der Waals surface area contributed by atoms with E-state index in [1.165, 1.54) is 22.7 Å². The number of hydrogen-bond acceptors (Lipinski definition) is 15. The topological polar surface area (TPSA) is 292 Å². The Labute approximate surface area is 265 Å². The Kier molecular flexibility index (Phi) is 11.1. The summed E-state index contributed by atoms with van der Waals surface area (Å²) in [6.07, 6.45) is 2.50. The minimum Gasteiger partial charge on any atom is -0.490 e. The maximum Gasteiger partial charge on any atom is 0.362 e. The van der Waals surface area contributed by atoms with Gasteiger partial charge >= 0.3 is 10.3 Å². The lowest BCUT2D eigenvalue weighted by Gasteiger charge is -2.43. The Morgan fingerprint density at radius 2 is 1.98 bits per heavy atom. The number of nitrogens with zero attached hydrogens (tertiary/aromatic N) is 7. The fourth-order valence-electron chi connectivity index (χ4n) is 4.13. The predicted molar refractivity (Wildman–Crippen MR) is 161 cm³/mol. The number of aromatic nitrogens is 4. The van der Waals surface area contributed by atoms with Crippen LogP contribution in [0.2, 0.25) is 0 Å². The number of oxime groups is 1. The Hall–Kier alpha value is -5.19. The van der Waals surface area contributed by atoms with Gasteiger partial charge in [-0.1, -0.05) is 5.16 Å². The summed E-state index contributed by atoms with van der Waals surface area (Å²) < 4.78 is 40.2. The molecule has 8 N–H and O–H groups in total. The van der Waals surface area contributed by atoms with Crippen LogP contribution in [0.25, 0.3) is 0 Å². The summed E-state index contributed by atoms with van der Waals surface area (Å²) >= 11 is 1.05. The molecule has 2 unspecified atom stereocenters. The van der Waals surface area contributed by atoms with Crippen LogP contribution < -0.4 is 26.8 Å². The summed E-state index contributed by atoms with van der Waals surface area (Å²) in [5.74, 6) is -0.949. The second kappa shape index (κ2) is 15.2. The minimum absolute atomic E-state index is 0.0652. The first-order chi connectivity index (χ1) is 22.0. The highest BCUT2D eigenvalue weighted by Crippen LogP contribution is 2.25. The number of nitrogens with two attached hydrogens (primary N) is 2. The predicted octanol–water partition coefficient (Wildman–Crippen LogP) is -2.31. The van der Waals surface area contributed by atoms with Crippen molar-refractivity contribution in [2.24, 2.45) is 15.9 Å². The third kappa shape index (κ3) is 8.50. The van der Waals surface area contributed by atoms with Crippen LogP contribution >= 0.6 is 11.3 Å². The molecule has 20 nitrogen and oxygen atoms in total. The molecule has 0 bridgehead atoms. The van der Waals surface area contributed by atoms with Crippen molar-refractivity contribution >= 4 is 56.6 Å². The van der Waals surface area contributed by atoms with Gasteiger partial charge in [0.05, 0.1) is 18.6 Å². The number of thiazole rings is 1. The van der Waals surface area contributed by atoms with Gasteiger partial charge in [-0.15, -0.1) is 11.3 Å². The van der Waals surface area contributed by atoms with Crippen LogP contribution in [-0.4, -0.2) is 116 Å². The summed E-state index contributed by atoms with van der Waals surface area (Å²) in [6.45, 7) is 1.18. The summed E-state index contributed by atoms with van der Waals surface area (Å²) in [6, 6.07) is 4.70. The molecule has 2 amide bonds. The highest BCUT2D eigenvalue weighted by atomic mass is 32.2. The average Bonchev–Trinajstić information content (AvgIpc) is 3.67. The number of carbonyl (C=O) groups excluding carboxylic acids is 2.